The van der Waals surface area contributed by atoms with E-state index in [1.165, 1.54) is 7.11 Å². The number of methoxy groups -OCH3 is 1. The Kier molecular flexibility index (Phi) is 2.60. The molecule has 3 nitrogen and oxygen atoms in total. The van der Waals surface area contributed by atoms with Gasteiger partial charge in [0.05, 0.1) is 7.11 Å². The number of hydrogen-bond donors (Lipinski definition) is 0. The number of carbonyl (C=O) groups is 1. The Hall–Kier alpha value is -1.89. The summed E-state index contributed by atoms with van der Waals surface area (Å²) in [6, 6.07) is 3.83. The molecule has 4 heteroatoms. The summed E-state index contributed by atoms with van der Waals surface area (Å²) in [5.74, 6) is -0.525. The van der Waals surface area contributed by atoms with Crippen molar-refractivity contribution in [1.29, 1.82) is 5.26 Å². The van der Waals surface area contributed by atoms with Crippen LogP contribution in [0.4, 0.5) is 4.39 Å². The van der Waals surface area contributed by atoms with Crippen LogP contribution in [0.15, 0.2) is 12.1 Å². The van der Waals surface area contributed by atoms with Crippen LogP contribution >= 0.6 is 0 Å². The summed E-state index contributed by atoms with van der Waals surface area (Å²) >= 11 is 0. The molecule has 66 valence electrons. The van der Waals surface area contributed by atoms with Crippen molar-refractivity contribution in [2.24, 2.45) is 0 Å². The summed E-state index contributed by atoms with van der Waals surface area (Å²) in [7, 11) is 1.31. The Labute approximate surface area is 74.4 Å². The second kappa shape index (κ2) is 3.68. The van der Waals surface area contributed by atoms with Crippen LogP contribution in [0.3, 0.4) is 0 Å². The lowest BCUT2D eigenvalue weighted by Gasteiger charge is -2.03. The van der Waals surface area contributed by atoms with Crippen molar-refractivity contribution in [2.75, 3.05) is 7.11 Å². The third-order valence-electron chi connectivity index (χ3n) is 1.56. The summed E-state index contributed by atoms with van der Waals surface area (Å²) in [6.45, 7) is 0. The Morgan fingerprint density at radius 2 is 2.31 bits per heavy atom. The van der Waals surface area contributed by atoms with Crippen LogP contribution in [-0.2, 0) is 0 Å². The highest BCUT2D eigenvalue weighted by Gasteiger charge is 2.10. The zero-order valence-corrected chi connectivity index (χ0v) is 6.87. The van der Waals surface area contributed by atoms with Gasteiger partial charge in [-0.05, 0) is 6.07 Å². The van der Waals surface area contributed by atoms with E-state index in [9.17, 15) is 9.18 Å². The molecule has 0 aliphatic rings. The molecule has 0 unspecified atom stereocenters. The number of ether oxygens (including phenoxy) is 1. The van der Waals surface area contributed by atoms with Crippen LogP contribution < -0.4 is 4.74 Å². The van der Waals surface area contributed by atoms with E-state index in [0.717, 1.165) is 12.1 Å². The number of rotatable bonds is 2. The van der Waals surface area contributed by atoms with Crippen LogP contribution in [0.2, 0.25) is 0 Å². The molecule has 0 aliphatic heterocycles. The minimum atomic E-state index is -0.599. The molecule has 0 N–H and O–H groups in total. The van der Waals surface area contributed by atoms with E-state index in [-0.39, 0.29) is 16.9 Å². The maximum absolute atomic E-state index is 12.8. The first-order valence-electron chi connectivity index (χ1n) is 3.45. The van der Waals surface area contributed by atoms with Crippen molar-refractivity contribution < 1.29 is 13.9 Å². The molecule has 0 spiro atoms. The van der Waals surface area contributed by atoms with Crippen LogP contribution in [0.5, 0.6) is 5.75 Å². The molecular weight excluding hydrogens is 173 g/mol. The van der Waals surface area contributed by atoms with Gasteiger partial charge >= 0.3 is 0 Å². The van der Waals surface area contributed by atoms with E-state index in [1.807, 2.05) is 0 Å². The summed E-state index contributed by atoms with van der Waals surface area (Å²) in [4.78, 5) is 10.4. The SMILES string of the molecule is COc1cc(F)cc(C=O)c1C#N. The molecular formula is C9H6FNO2. The predicted molar refractivity (Wildman–Crippen MR) is 43.1 cm³/mol. The monoisotopic (exact) mass is 179 g/mol. The zero-order valence-electron chi connectivity index (χ0n) is 6.87. The van der Waals surface area contributed by atoms with Crippen molar-refractivity contribution in [3.8, 4) is 11.8 Å². The molecule has 0 fully saturated rings. The molecule has 0 amide bonds. The zero-order chi connectivity index (χ0) is 9.84. The van der Waals surface area contributed by atoms with Gasteiger partial charge in [-0.1, -0.05) is 0 Å². The Bertz CT molecular complexity index is 382. The minimum Gasteiger partial charge on any atom is -0.495 e. The van der Waals surface area contributed by atoms with Gasteiger partial charge < -0.3 is 4.74 Å². The number of nitrogens with zero attached hydrogens (tertiary/aromatic N) is 1. The molecule has 0 aliphatic carbocycles. The lowest BCUT2D eigenvalue weighted by Crippen LogP contribution is -1.95. The first kappa shape index (κ1) is 9.20. The third kappa shape index (κ3) is 1.64. The van der Waals surface area contributed by atoms with E-state index in [4.69, 9.17) is 10.00 Å². The maximum Gasteiger partial charge on any atom is 0.151 e. The number of nitriles is 1. The highest BCUT2D eigenvalue weighted by Crippen LogP contribution is 2.21. The van der Waals surface area contributed by atoms with Gasteiger partial charge in [-0.2, -0.15) is 5.26 Å². The molecule has 1 aromatic rings. The summed E-state index contributed by atoms with van der Waals surface area (Å²) in [5.41, 5.74) is 0.0539. The fraction of sp³-hybridized carbons (Fsp3) is 0.111. The highest BCUT2D eigenvalue weighted by atomic mass is 19.1. The summed E-state index contributed by atoms with van der Waals surface area (Å²) in [5, 5.41) is 8.64. The van der Waals surface area contributed by atoms with Gasteiger partial charge in [-0.15, -0.1) is 0 Å². The standard InChI is InChI=1S/C9H6FNO2/c1-13-9-3-7(10)2-6(5-12)8(9)4-11/h2-3,5H,1H3. The molecule has 1 aromatic carbocycles. The van der Waals surface area contributed by atoms with E-state index in [2.05, 4.69) is 0 Å². The lowest BCUT2D eigenvalue weighted by atomic mass is 10.1. The molecule has 1 rings (SSSR count). The summed E-state index contributed by atoms with van der Waals surface area (Å²) < 4.78 is 17.5. The molecule has 0 radical (unpaired) electrons. The van der Waals surface area contributed by atoms with Crippen LogP contribution in [0, 0.1) is 17.1 Å². The summed E-state index contributed by atoms with van der Waals surface area (Å²) in [6.07, 6.45) is 0.421. The third-order valence-corrected chi connectivity index (χ3v) is 1.56. The second-order valence-corrected chi connectivity index (χ2v) is 2.30. The number of benzene rings is 1. The first-order valence-corrected chi connectivity index (χ1v) is 3.45. The van der Waals surface area contributed by atoms with Crippen molar-refractivity contribution >= 4 is 6.29 Å². The Morgan fingerprint density at radius 1 is 1.62 bits per heavy atom. The van der Waals surface area contributed by atoms with Crippen molar-refractivity contribution in [1.82, 2.24) is 0 Å². The smallest absolute Gasteiger partial charge is 0.151 e. The van der Waals surface area contributed by atoms with Crippen LogP contribution in [-0.4, -0.2) is 13.4 Å². The van der Waals surface area contributed by atoms with E-state index < -0.39 is 5.82 Å². The normalized spacial score (nSPS) is 9.00. The van der Waals surface area contributed by atoms with E-state index in [1.54, 1.807) is 6.07 Å². The Morgan fingerprint density at radius 3 is 2.77 bits per heavy atom. The van der Waals surface area contributed by atoms with Gasteiger partial charge in [0.1, 0.15) is 23.2 Å². The van der Waals surface area contributed by atoms with E-state index in [0.29, 0.717) is 6.29 Å². The first-order chi connectivity index (χ1) is 6.22. The van der Waals surface area contributed by atoms with Crippen LogP contribution in [0.1, 0.15) is 15.9 Å². The number of halogens is 1. The minimum absolute atomic E-state index is 0.000602. The second-order valence-electron chi connectivity index (χ2n) is 2.30. The van der Waals surface area contributed by atoms with Gasteiger partial charge in [-0.3, -0.25) is 4.79 Å². The molecule has 0 heterocycles. The van der Waals surface area contributed by atoms with Gasteiger partial charge in [0, 0.05) is 11.6 Å². The molecule has 13 heavy (non-hydrogen) atoms. The van der Waals surface area contributed by atoms with Gasteiger partial charge in [0.2, 0.25) is 0 Å². The maximum atomic E-state index is 12.8. The van der Waals surface area contributed by atoms with Gasteiger partial charge in [0.25, 0.3) is 0 Å². The number of aldehydes is 1. The average Bonchev–Trinajstić information content (AvgIpc) is 2.16. The number of carbonyl (C=O) groups excluding carboxylic acids is 1. The largest absolute Gasteiger partial charge is 0.495 e. The molecule has 0 saturated carbocycles. The van der Waals surface area contributed by atoms with Crippen LogP contribution in [0.25, 0.3) is 0 Å². The Balaban J connectivity index is 3.44. The fourth-order valence-electron chi connectivity index (χ4n) is 0.976. The van der Waals surface area contributed by atoms with Gasteiger partial charge in [0.15, 0.2) is 6.29 Å². The molecule has 0 aromatic heterocycles. The lowest BCUT2D eigenvalue weighted by molar-refractivity contribution is 0.112. The average molecular weight is 179 g/mol. The van der Waals surface area contributed by atoms with Crippen molar-refractivity contribution in [3.05, 3.63) is 29.1 Å². The number of hydrogen-bond acceptors (Lipinski definition) is 3. The topological polar surface area (TPSA) is 50.1 Å². The van der Waals surface area contributed by atoms with Crippen molar-refractivity contribution in [3.63, 3.8) is 0 Å². The predicted octanol–water partition coefficient (Wildman–Crippen LogP) is 1.52. The molecule has 0 atom stereocenters. The molecule has 0 saturated heterocycles. The quantitative estimate of drug-likeness (QED) is 0.646. The molecule has 0 bridgehead atoms. The highest BCUT2D eigenvalue weighted by molar-refractivity contribution is 5.80. The fourth-order valence-corrected chi connectivity index (χ4v) is 0.976. The van der Waals surface area contributed by atoms with Gasteiger partial charge in [-0.25, -0.2) is 4.39 Å². The van der Waals surface area contributed by atoms with E-state index >= 15 is 0 Å². The van der Waals surface area contributed by atoms with Crippen molar-refractivity contribution in [2.45, 2.75) is 0 Å².